The molecule has 134 valence electrons. The first kappa shape index (κ1) is 19.5. The predicted octanol–water partition coefficient (Wildman–Crippen LogP) is 3.18. The average Bonchev–Trinajstić information content (AvgIpc) is 2.52. The highest BCUT2D eigenvalue weighted by Gasteiger charge is 2.33. The van der Waals surface area contributed by atoms with Gasteiger partial charge in [0.15, 0.2) is 0 Å². The molecule has 0 N–H and O–H groups in total. The second-order valence-electron chi connectivity index (χ2n) is 6.25. The number of piperidine rings is 1. The molecular formula is C16H22Cl2N2O3S. The molecular weight excluding hydrogens is 371 g/mol. The van der Waals surface area contributed by atoms with Gasteiger partial charge in [-0.05, 0) is 37.5 Å². The standard InChI is InChI=1S/C16H22Cl2N2O3S/c1-11(14-7-6-13(17)9-15(14)18)19(2)16(21)12-5-4-8-20(10-12)24(3,22)23/h6-7,9,11-12H,4-5,8,10H2,1-3H3/t11-,12-/m0/s1. The molecule has 0 aromatic heterocycles. The number of halogens is 2. The fourth-order valence-corrected chi connectivity index (χ4v) is 4.45. The highest BCUT2D eigenvalue weighted by Crippen LogP contribution is 2.31. The summed E-state index contributed by atoms with van der Waals surface area (Å²) >= 11 is 12.1. The summed E-state index contributed by atoms with van der Waals surface area (Å²) in [5.74, 6) is -0.395. The maximum Gasteiger partial charge on any atom is 0.227 e. The van der Waals surface area contributed by atoms with Crippen LogP contribution >= 0.6 is 23.2 Å². The van der Waals surface area contributed by atoms with E-state index in [1.165, 1.54) is 10.6 Å². The maximum absolute atomic E-state index is 12.8. The van der Waals surface area contributed by atoms with Gasteiger partial charge in [-0.25, -0.2) is 12.7 Å². The van der Waals surface area contributed by atoms with Crippen LogP contribution in [0.25, 0.3) is 0 Å². The lowest BCUT2D eigenvalue weighted by atomic mass is 9.96. The fourth-order valence-electron chi connectivity index (χ4n) is 2.97. The van der Waals surface area contributed by atoms with Gasteiger partial charge in [-0.3, -0.25) is 4.79 Å². The Balaban J connectivity index is 2.13. The molecule has 0 spiro atoms. The van der Waals surface area contributed by atoms with Crippen molar-refractivity contribution in [1.29, 1.82) is 0 Å². The van der Waals surface area contributed by atoms with Crippen molar-refractivity contribution in [1.82, 2.24) is 9.21 Å². The third kappa shape index (κ3) is 4.42. The minimum Gasteiger partial charge on any atom is -0.339 e. The molecule has 1 heterocycles. The van der Waals surface area contributed by atoms with Crippen LogP contribution in [0.15, 0.2) is 18.2 Å². The lowest BCUT2D eigenvalue weighted by Gasteiger charge is -2.34. The topological polar surface area (TPSA) is 57.7 Å². The molecule has 0 bridgehead atoms. The minimum atomic E-state index is -3.28. The van der Waals surface area contributed by atoms with E-state index in [2.05, 4.69) is 0 Å². The zero-order chi connectivity index (χ0) is 18.1. The third-order valence-corrected chi connectivity index (χ3v) is 6.38. The highest BCUT2D eigenvalue weighted by atomic mass is 35.5. The van der Waals surface area contributed by atoms with Crippen molar-refractivity contribution in [2.45, 2.75) is 25.8 Å². The van der Waals surface area contributed by atoms with Gasteiger partial charge in [0.2, 0.25) is 15.9 Å². The Morgan fingerprint density at radius 2 is 2.04 bits per heavy atom. The number of carbonyl (C=O) groups is 1. The molecule has 0 aliphatic carbocycles. The molecule has 1 aliphatic rings. The number of nitrogens with zero attached hydrogens (tertiary/aromatic N) is 2. The second-order valence-corrected chi connectivity index (χ2v) is 9.08. The summed E-state index contributed by atoms with van der Waals surface area (Å²) in [6, 6.07) is 4.97. The average molecular weight is 393 g/mol. The van der Waals surface area contributed by atoms with E-state index in [0.717, 1.165) is 5.56 Å². The lowest BCUT2D eigenvalue weighted by Crippen LogP contribution is -2.46. The molecule has 1 fully saturated rings. The van der Waals surface area contributed by atoms with Crippen molar-refractivity contribution < 1.29 is 13.2 Å². The van der Waals surface area contributed by atoms with Crippen molar-refractivity contribution >= 4 is 39.1 Å². The van der Waals surface area contributed by atoms with Gasteiger partial charge < -0.3 is 4.90 Å². The second kappa shape index (κ2) is 7.60. The van der Waals surface area contributed by atoms with Crippen LogP contribution in [0, 0.1) is 5.92 Å². The summed E-state index contributed by atoms with van der Waals surface area (Å²) in [6.45, 7) is 2.61. The van der Waals surface area contributed by atoms with E-state index < -0.39 is 10.0 Å². The van der Waals surface area contributed by atoms with Gasteiger partial charge in [0.05, 0.1) is 18.2 Å². The van der Waals surface area contributed by atoms with Gasteiger partial charge in [0.25, 0.3) is 0 Å². The summed E-state index contributed by atoms with van der Waals surface area (Å²) in [7, 11) is -1.56. The molecule has 1 aromatic carbocycles. The number of hydrogen-bond acceptors (Lipinski definition) is 3. The summed E-state index contributed by atoms with van der Waals surface area (Å²) in [4.78, 5) is 14.4. The summed E-state index contributed by atoms with van der Waals surface area (Å²) < 4.78 is 24.8. The molecule has 1 amide bonds. The van der Waals surface area contributed by atoms with Crippen molar-refractivity contribution in [2.24, 2.45) is 5.92 Å². The SMILES string of the molecule is C[C@@H](c1ccc(Cl)cc1Cl)N(C)C(=O)[C@H]1CCCN(S(C)(=O)=O)C1. The Bertz CT molecular complexity index is 724. The van der Waals surface area contributed by atoms with Gasteiger partial charge in [-0.1, -0.05) is 29.3 Å². The van der Waals surface area contributed by atoms with Crippen LogP contribution in [-0.2, 0) is 14.8 Å². The minimum absolute atomic E-state index is 0.0677. The Hall–Kier alpha value is -0.820. The number of carbonyl (C=O) groups excluding carboxylic acids is 1. The molecule has 24 heavy (non-hydrogen) atoms. The van der Waals surface area contributed by atoms with Crippen LogP contribution in [0.2, 0.25) is 10.0 Å². The fraction of sp³-hybridized carbons (Fsp3) is 0.562. The van der Waals surface area contributed by atoms with Crippen molar-refractivity contribution in [2.75, 3.05) is 26.4 Å². The first-order valence-corrected chi connectivity index (χ1v) is 10.4. The Morgan fingerprint density at radius 1 is 1.38 bits per heavy atom. The summed E-state index contributed by atoms with van der Waals surface area (Å²) in [5, 5.41) is 1.05. The van der Waals surface area contributed by atoms with Gasteiger partial charge in [-0.2, -0.15) is 0 Å². The summed E-state index contributed by atoms with van der Waals surface area (Å²) in [5.41, 5.74) is 0.813. The van der Waals surface area contributed by atoms with Crippen molar-refractivity contribution in [3.05, 3.63) is 33.8 Å². The smallest absolute Gasteiger partial charge is 0.227 e. The molecule has 0 saturated carbocycles. The number of amides is 1. The van der Waals surface area contributed by atoms with Gasteiger partial charge in [-0.15, -0.1) is 0 Å². The maximum atomic E-state index is 12.8. The van der Waals surface area contributed by atoms with Crippen LogP contribution in [-0.4, -0.2) is 49.9 Å². The van der Waals surface area contributed by atoms with Crippen LogP contribution in [0.1, 0.15) is 31.4 Å². The molecule has 0 unspecified atom stereocenters. The van der Waals surface area contributed by atoms with Crippen LogP contribution < -0.4 is 0 Å². The van der Waals surface area contributed by atoms with E-state index in [0.29, 0.717) is 29.4 Å². The normalized spacial score (nSPS) is 20.6. The number of benzene rings is 1. The molecule has 1 aliphatic heterocycles. The van der Waals surface area contributed by atoms with E-state index in [9.17, 15) is 13.2 Å². The first-order valence-electron chi connectivity index (χ1n) is 7.78. The van der Waals surface area contributed by atoms with E-state index >= 15 is 0 Å². The zero-order valence-corrected chi connectivity index (χ0v) is 16.3. The molecule has 8 heteroatoms. The Labute approximate surface area is 153 Å². The largest absolute Gasteiger partial charge is 0.339 e. The molecule has 1 saturated heterocycles. The van der Waals surface area contributed by atoms with E-state index in [-0.39, 0.29) is 24.4 Å². The number of sulfonamides is 1. The highest BCUT2D eigenvalue weighted by molar-refractivity contribution is 7.88. The molecule has 1 aromatic rings. The van der Waals surface area contributed by atoms with Crippen LogP contribution in [0.3, 0.4) is 0 Å². The number of rotatable bonds is 4. The van der Waals surface area contributed by atoms with E-state index in [4.69, 9.17) is 23.2 Å². The third-order valence-electron chi connectivity index (χ3n) is 4.54. The van der Waals surface area contributed by atoms with Gasteiger partial charge in [0, 0.05) is 30.2 Å². The van der Waals surface area contributed by atoms with E-state index in [1.54, 1.807) is 24.1 Å². The molecule has 2 atom stereocenters. The number of hydrogen-bond donors (Lipinski definition) is 0. The molecule has 0 radical (unpaired) electrons. The van der Waals surface area contributed by atoms with Crippen molar-refractivity contribution in [3.8, 4) is 0 Å². The molecule has 2 rings (SSSR count). The lowest BCUT2D eigenvalue weighted by molar-refractivity contribution is -0.137. The predicted molar refractivity (Wildman–Crippen MR) is 96.8 cm³/mol. The zero-order valence-electron chi connectivity index (χ0n) is 14.0. The Morgan fingerprint density at radius 3 is 2.62 bits per heavy atom. The van der Waals surface area contributed by atoms with Crippen LogP contribution in [0.4, 0.5) is 0 Å². The molecule has 5 nitrogen and oxygen atoms in total. The monoisotopic (exact) mass is 392 g/mol. The first-order chi connectivity index (χ1) is 11.1. The van der Waals surface area contributed by atoms with Gasteiger partial charge in [0.1, 0.15) is 0 Å². The quantitative estimate of drug-likeness (QED) is 0.790. The van der Waals surface area contributed by atoms with E-state index in [1.807, 2.05) is 13.0 Å². The van der Waals surface area contributed by atoms with Crippen LogP contribution in [0.5, 0.6) is 0 Å². The van der Waals surface area contributed by atoms with Gasteiger partial charge >= 0.3 is 0 Å². The summed E-state index contributed by atoms with van der Waals surface area (Å²) in [6.07, 6.45) is 2.56. The Kier molecular flexibility index (Phi) is 6.18. The van der Waals surface area contributed by atoms with Crippen molar-refractivity contribution in [3.63, 3.8) is 0 Å².